The molecule has 1 fully saturated rings. The van der Waals surface area contributed by atoms with Gasteiger partial charge in [0.05, 0.1) is 11.8 Å². The zero-order chi connectivity index (χ0) is 14.1. The molecule has 104 valence electrons. The number of nitrogens with zero attached hydrogens (tertiary/aromatic N) is 1. The van der Waals surface area contributed by atoms with Crippen LogP contribution in [0.1, 0.15) is 34.3 Å². The van der Waals surface area contributed by atoms with Crippen LogP contribution in [0.3, 0.4) is 0 Å². The fourth-order valence-electron chi connectivity index (χ4n) is 2.24. The third-order valence-electron chi connectivity index (χ3n) is 3.57. The van der Waals surface area contributed by atoms with Crippen molar-refractivity contribution in [3.8, 4) is 0 Å². The molecule has 0 bridgehead atoms. The van der Waals surface area contributed by atoms with Crippen LogP contribution in [0, 0.1) is 6.92 Å². The highest BCUT2D eigenvalue weighted by atomic mass is 79.9. The van der Waals surface area contributed by atoms with E-state index in [1.165, 1.54) is 11.8 Å². The average Bonchev–Trinajstić information content (AvgIpc) is 3.19. The second-order valence-corrected chi connectivity index (χ2v) is 5.98. The Morgan fingerprint density at radius 3 is 2.55 bits per heavy atom. The summed E-state index contributed by atoms with van der Waals surface area (Å²) in [5.74, 6) is 0.0358. The molecule has 0 unspecified atom stereocenters. The molecule has 1 saturated carbocycles. The molecule has 2 aromatic rings. The van der Waals surface area contributed by atoms with Gasteiger partial charge in [0.1, 0.15) is 0 Å². The first-order chi connectivity index (χ1) is 9.65. The predicted octanol–water partition coefficient (Wildman–Crippen LogP) is 4.16. The van der Waals surface area contributed by atoms with Crippen LogP contribution >= 0.6 is 15.9 Å². The van der Waals surface area contributed by atoms with E-state index in [2.05, 4.69) is 47.1 Å². The van der Waals surface area contributed by atoms with Gasteiger partial charge in [0.25, 0.3) is 5.91 Å². The summed E-state index contributed by atoms with van der Waals surface area (Å²) in [6.45, 7) is 2.72. The van der Waals surface area contributed by atoms with Gasteiger partial charge >= 0.3 is 0 Å². The summed E-state index contributed by atoms with van der Waals surface area (Å²) in [6, 6.07) is 10.4. The first kappa shape index (κ1) is 13.4. The van der Waals surface area contributed by atoms with E-state index < -0.39 is 0 Å². The van der Waals surface area contributed by atoms with E-state index in [0.29, 0.717) is 22.8 Å². The maximum atomic E-state index is 12.6. The number of benzene rings is 1. The van der Waals surface area contributed by atoms with Gasteiger partial charge in [0, 0.05) is 12.6 Å². The van der Waals surface area contributed by atoms with Crippen LogP contribution in [0.15, 0.2) is 45.7 Å². The van der Waals surface area contributed by atoms with Gasteiger partial charge in [-0.2, -0.15) is 0 Å². The summed E-state index contributed by atoms with van der Waals surface area (Å²) < 4.78 is 5.68. The Morgan fingerprint density at radius 1 is 1.30 bits per heavy atom. The highest BCUT2D eigenvalue weighted by Crippen LogP contribution is 2.31. The minimum absolute atomic E-state index is 0.0358. The monoisotopic (exact) mass is 333 g/mol. The van der Waals surface area contributed by atoms with E-state index in [9.17, 15) is 4.79 Å². The van der Waals surface area contributed by atoms with E-state index in [0.717, 1.165) is 18.4 Å². The van der Waals surface area contributed by atoms with Crippen LogP contribution in [-0.2, 0) is 6.54 Å². The molecule has 4 heteroatoms. The quantitative estimate of drug-likeness (QED) is 0.841. The molecule has 1 aromatic heterocycles. The van der Waals surface area contributed by atoms with Gasteiger partial charge < -0.3 is 9.32 Å². The van der Waals surface area contributed by atoms with E-state index in [1.807, 2.05) is 4.90 Å². The molecule has 0 spiro atoms. The van der Waals surface area contributed by atoms with Crippen LogP contribution in [0.5, 0.6) is 0 Å². The maximum Gasteiger partial charge on any atom is 0.258 e. The van der Waals surface area contributed by atoms with Crippen LogP contribution < -0.4 is 0 Å². The zero-order valence-corrected chi connectivity index (χ0v) is 12.9. The van der Waals surface area contributed by atoms with Crippen molar-refractivity contribution in [2.24, 2.45) is 0 Å². The molecule has 1 aromatic carbocycles. The van der Waals surface area contributed by atoms with Gasteiger partial charge in [0.2, 0.25) is 0 Å². The Balaban J connectivity index is 1.81. The number of hydrogen-bond donors (Lipinski definition) is 0. The maximum absolute atomic E-state index is 12.6. The Labute approximate surface area is 126 Å². The number of amides is 1. The van der Waals surface area contributed by atoms with Gasteiger partial charge in [-0.1, -0.05) is 29.8 Å². The van der Waals surface area contributed by atoms with E-state index in [-0.39, 0.29) is 5.91 Å². The van der Waals surface area contributed by atoms with Crippen LogP contribution in [0.4, 0.5) is 0 Å². The molecule has 3 nitrogen and oxygen atoms in total. The van der Waals surface area contributed by atoms with Crippen LogP contribution in [0.2, 0.25) is 0 Å². The Hall–Kier alpha value is -1.55. The molecule has 1 amide bonds. The molecular formula is C16H16BrNO2. The topological polar surface area (TPSA) is 33.5 Å². The second-order valence-electron chi connectivity index (χ2n) is 5.26. The molecule has 0 saturated heterocycles. The number of halogens is 1. The van der Waals surface area contributed by atoms with Crippen molar-refractivity contribution in [1.82, 2.24) is 4.90 Å². The lowest BCUT2D eigenvalue weighted by atomic mass is 10.1. The highest BCUT2D eigenvalue weighted by molar-refractivity contribution is 9.10. The summed E-state index contributed by atoms with van der Waals surface area (Å²) in [4.78, 5) is 14.6. The molecule has 0 radical (unpaired) electrons. The smallest absolute Gasteiger partial charge is 0.258 e. The molecule has 0 N–H and O–H groups in total. The Bertz CT molecular complexity index is 614. The van der Waals surface area contributed by atoms with Gasteiger partial charge in [-0.25, -0.2) is 0 Å². The molecule has 3 rings (SSSR count). The lowest BCUT2D eigenvalue weighted by molar-refractivity contribution is 0.0728. The SMILES string of the molecule is Cc1ccc(CN(C(=O)c2ccoc2Br)C2CC2)cc1. The fraction of sp³-hybridized carbons (Fsp3) is 0.312. The minimum Gasteiger partial charge on any atom is -0.457 e. The minimum atomic E-state index is 0.0358. The van der Waals surface area contributed by atoms with Crippen molar-refractivity contribution in [3.63, 3.8) is 0 Å². The zero-order valence-electron chi connectivity index (χ0n) is 11.3. The van der Waals surface area contributed by atoms with Crippen molar-refractivity contribution in [2.75, 3.05) is 0 Å². The summed E-state index contributed by atoms with van der Waals surface area (Å²) in [6.07, 6.45) is 3.72. The number of carbonyl (C=O) groups is 1. The number of hydrogen-bond acceptors (Lipinski definition) is 2. The third-order valence-corrected chi connectivity index (χ3v) is 4.18. The number of furan rings is 1. The van der Waals surface area contributed by atoms with Crippen molar-refractivity contribution >= 4 is 21.8 Å². The van der Waals surface area contributed by atoms with Crippen molar-refractivity contribution in [1.29, 1.82) is 0 Å². The average molecular weight is 334 g/mol. The summed E-state index contributed by atoms with van der Waals surface area (Å²) in [5.41, 5.74) is 3.00. The first-order valence-corrected chi connectivity index (χ1v) is 7.54. The first-order valence-electron chi connectivity index (χ1n) is 6.74. The molecule has 1 aliphatic rings. The molecule has 20 heavy (non-hydrogen) atoms. The number of rotatable bonds is 4. The largest absolute Gasteiger partial charge is 0.457 e. The molecule has 0 atom stereocenters. The molecule has 1 aliphatic carbocycles. The van der Waals surface area contributed by atoms with E-state index in [4.69, 9.17) is 4.42 Å². The predicted molar refractivity (Wildman–Crippen MR) is 80.5 cm³/mol. The molecule has 1 heterocycles. The van der Waals surface area contributed by atoms with Gasteiger partial charge in [-0.05, 0) is 47.3 Å². The van der Waals surface area contributed by atoms with Crippen molar-refractivity contribution < 1.29 is 9.21 Å². The molecule has 0 aliphatic heterocycles. The number of carbonyl (C=O) groups excluding carboxylic acids is 1. The summed E-state index contributed by atoms with van der Waals surface area (Å²) >= 11 is 3.29. The van der Waals surface area contributed by atoms with Crippen LogP contribution in [0.25, 0.3) is 0 Å². The van der Waals surface area contributed by atoms with Gasteiger partial charge in [-0.15, -0.1) is 0 Å². The van der Waals surface area contributed by atoms with Gasteiger partial charge in [0.15, 0.2) is 4.67 Å². The Morgan fingerprint density at radius 2 is 2.00 bits per heavy atom. The summed E-state index contributed by atoms with van der Waals surface area (Å²) in [5, 5.41) is 0. The van der Waals surface area contributed by atoms with Crippen molar-refractivity contribution in [2.45, 2.75) is 32.4 Å². The Kier molecular flexibility index (Phi) is 3.66. The normalized spacial score (nSPS) is 14.3. The van der Waals surface area contributed by atoms with Crippen LogP contribution in [-0.4, -0.2) is 16.8 Å². The van der Waals surface area contributed by atoms with Crippen molar-refractivity contribution in [3.05, 3.63) is 58.0 Å². The highest BCUT2D eigenvalue weighted by Gasteiger charge is 2.34. The standard InChI is InChI=1S/C16H16BrNO2/c1-11-2-4-12(5-3-11)10-18(13-6-7-13)16(19)14-8-9-20-15(14)17/h2-5,8-9,13H,6-7,10H2,1H3. The lowest BCUT2D eigenvalue weighted by Gasteiger charge is -2.22. The molecular weight excluding hydrogens is 318 g/mol. The van der Waals surface area contributed by atoms with Gasteiger partial charge in [-0.3, -0.25) is 4.79 Å². The second kappa shape index (κ2) is 5.44. The summed E-state index contributed by atoms with van der Waals surface area (Å²) in [7, 11) is 0. The fourth-order valence-corrected chi connectivity index (χ4v) is 2.65. The number of aryl methyl sites for hydroxylation is 1. The third kappa shape index (κ3) is 2.80. The lowest BCUT2D eigenvalue weighted by Crippen LogP contribution is -2.32. The van der Waals surface area contributed by atoms with E-state index >= 15 is 0 Å². The van der Waals surface area contributed by atoms with E-state index in [1.54, 1.807) is 6.07 Å².